The number of furan rings is 1. The number of fused-ring (bicyclic) bond motifs is 4. The summed E-state index contributed by atoms with van der Waals surface area (Å²) in [5, 5.41) is 4.44. The van der Waals surface area contributed by atoms with E-state index in [1.54, 1.807) is 0 Å². The minimum atomic E-state index is 0.598. The molecule has 0 N–H and O–H groups in total. The molecule has 2 aromatic heterocycles. The van der Waals surface area contributed by atoms with Crippen LogP contribution in [0.2, 0.25) is 0 Å². The number of hydrogen-bond donors (Lipinski definition) is 0. The third kappa shape index (κ3) is 5.73. The summed E-state index contributed by atoms with van der Waals surface area (Å²) in [6, 6.07) is 65.2. The van der Waals surface area contributed by atoms with E-state index in [1.165, 1.54) is 21.9 Å². The van der Waals surface area contributed by atoms with Crippen LogP contribution in [-0.4, -0.2) is 15.0 Å². The fourth-order valence-corrected chi connectivity index (χ4v) is 7.20. The van der Waals surface area contributed by atoms with Gasteiger partial charge < -0.3 is 4.42 Å². The zero-order valence-electron chi connectivity index (χ0n) is 28.6. The molecule has 4 heteroatoms. The van der Waals surface area contributed by atoms with Crippen molar-refractivity contribution in [3.63, 3.8) is 0 Å². The van der Waals surface area contributed by atoms with Gasteiger partial charge in [-0.1, -0.05) is 164 Å². The smallest absolute Gasteiger partial charge is 0.164 e. The van der Waals surface area contributed by atoms with Crippen LogP contribution in [0.1, 0.15) is 0 Å². The highest BCUT2D eigenvalue weighted by Crippen LogP contribution is 2.39. The van der Waals surface area contributed by atoms with Crippen LogP contribution in [0, 0.1) is 0 Å². The summed E-state index contributed by atoms with van der Waals surface area (Å²) in [5.41, 5.74) is 11.3. The van der Waals surface area contributed by atoms with E-state index < -0.39 is 0 Å². The minimum Gasteiger partial charge on any atom is -0.456 e. The molecule has 0 aliphatic rings. The van der Waals surface area contributed by atoms with Gasteiger partial charge in [0.1, 0.15) is 11.2 Å². The van der Waals surface area contributed by atoms with Gasteiger partial charge in [-0.05, 0) is 68.4 Å². The second-order valence-corrected chi connectivity index (χ2v) is 13.2. The lowest BCUT2D eigenvalue weighted by Gasteiger charge is -2.10. The highest BCUT2D eigenvalue weighted by atomic mass is 16.3. The molecule has 4 nitrogen and oxygen atoms in total. The van der Waals surface area contributed by atoms with Gasteiger partial charge in [-0.15, -0.1) is 0 Å². The molecule has 0 atom stereocenters. The molecule has 53 heavy (non-hydrogen) atoms. The Morgan fingerprint density at radius 2 is 0.792 bits per heavy atom. The molecule has 2 heterocycles. The Bertz CT molecular complexity index is 2910. The number of hydrogen-bond acceptors (Lipinski definition) is 4. The molecule has 0 saturated heterocycles. The maximum atomic E-state index is 6.51. The molecular weight excluding hydrogens is 647 g/mol. The first-order chi connectivity index (χ1) is 26.2. The first-order valence-electron chi connectivity index (χ1n) is 17.8. The lowest BCUT2D eigenvalue weighted by atomic mass is 9.99. The van der Waals surface area contributed by atoms with E-state index >= 15 is 0 Å². The van der Waals surface area contributed by atoms with Crippen molar-refractivity contribution in [3.8, 4) is 67.5 Å². The van der Waals surface area contributed by atoms with Crippen LogP contribution >= 0.6 is 0 Å². The molecule has 0 aliphatic carbocycles. The van der Waals surface area contributed by atoms with Crippen molar-refractivity contribution in [1.29, 1.82) is 0 Å². The van der Waals surface area contributed by atoms with Crippen molar-refractivity contribution in [2.24, 2.45) is 0 Å². The van der Waals surface area contributed by atoms with Gasteiger partial charge in [0, 0.05) is 27.5 Å². The third-order valence-electron chi connectivity index (χ3n) is 9.96. The molecule has 10 rings (SSSR count). The molecule has 0 saturated carbocycles. The minimum absolute atomic E-state index is 0.598. The Kier molecular flexibility index (Phi) is 7.43. The quantitative estimate of drug-likeness (QED) is 0.176. The van der Waals surface area contributed by atoms with Crippen molar-refractivity contribution >= 4 is 32.7 Å². The fraction of sp³-hybridized carbons (Fsp3) is 0. The first-order valence-corrected chi connectivity index (χ1v) is 17.8. The standard InChI is InChI=1S/C49H31N3O/c1-3-10-32(11-4-1)34-18-20-35(21-19-34)36-22-25-38(26-23-36)48-50-47(37-13-5-2-6-14-37)51-49(52-48)43-16-9-17-44-46(43)42-29-28-41(31-45(42)53-44)40-27-24-33-12-7-8-15-39(33)30-40/h1-31H. The van der Waals surface area contributed by atoms with Gasteiger partial charge in [-0.3, -0.25) is 0 Å². The summed E-state index contributed by atoms with van der Waals surface area (Å²) in [6.45, 7) is 0. The van der Waals surface area contributed by atoms with Crippen molar-refractivity contribution < 1.29 is 4.42 Å². The summed E-state index contributed by atoms with van der Waals surface area (Å²) in [4.78, 5) is 15.2. The normalized spacial score (nSPS) is 11.4. The van der Waals surface area contributed by atoms with Gasteiger partial charge >= 0.3 is 0 Å². The van der Waals surface area contributed by atoms with Crippen molar-refractivity contribution in [1.82, 2.24) is 15.0 Å². The van der Waals surface area contributed by atoms with E-state index in [4.69, 9.17) is 19.4 Å². The van der Waals surface area contributed by atoms with E-state index in [0.717, 1.165) is 60.9 Å². The fourth-order valence-electron chi connectivity index (χ4n) is 7.20. The van der Waals surface area contributed by atoms with Gasteiger partial charge in [0.05, 0.1) is 0 Å². The van der Waals surface area contributed by atoms with Gasteiger partial charge in [0.15, 0.2) is 17.5 Å². The molecule has 0 aliphatic heterocycles. The Morgan fingerprint density at radius 1 is 0.302 bits per heavy atom. The van der Waals surface area contributed by atoms with Crippen LogP contribution in [0.5, 0.6) is 0 Å². The van der Waals surface area contributed by atoms with E-state index in [1.807, 2.05) is 48.5 Å². The average Bonchev–Trinajstić information content (AvgIpc) is 3.62. The van der Waals surface area contributed by atoms with Crippen LogP contribution < -0.4 is 0 Å². The van der Waals surface area contributed by atoms with E-state index in [0.29, 0.717) is 17.5 Å². The van der Waals surface area contributed by atoms with Crippen molar-refractivity contribution in [2.45, 2.75) is 0 Å². The van der Waals surface area contributed by atoms with Crippen LogP contribution in [0.15, 0.2) is 192 Å². The van der Waals surface area contributed by atoms with Crippen LogP contribution in [0.4, 0.5) is 0 Å². The summed E-state index contributed by atoms with van der Waals surface area (Å²) >= 11 is 0. The highest BCUT2D eigenvalue weighted by molar-refractivity contribution is 6.12. The number of rotatable bonds is 6. The van der Waals surface area contributed by atoms with Gasteiger partial charge in [-0.2, -0.15) is 0 Å². The van der Waals surface area contributed by atoms with Crippen LogP contribution in [-0.2, 0) is 0 Å². The molecule has 0 amide bonds. The van der Waals surface area contributed by atoms with Crippen molar-refractivity contribution in [3.05, 3.63) is 188 Å². The average molecular weight is 678 g/mol. The molecular formula is C49H31N3O. The van der Waals surface area contributed by atoms with Crippen molar-refractivity contribution in [2.75, 3.05) is 0 Å². The molecule has 8 aromatic carbocycles. The zero-order chi connectivity index (χ0) is 35.1. The summed E-state index contributed by atoms with van der Waals surface area (Å²) < 4.78 is 6.51. The van der Waals surface area contributed by atoms with Gasteiger partial charge in [0.2, 0.25) is 0 Å². The van der Waals surface area contributed by atoms with E-state index in [-0.39, 0.29) is 0 Å². The predicted octanol–water partition coefficient (Wildman–Crippen LogP) is 12.9. The molecule has 0 unspecified atom stereocenters. The Labute approximate surface area is 306 Å². The monoisotopic (exact) mass is 677 g/mol. The highest BCUT2D eigenvalue weighted by Gasteiger charge is 2.18. The van der Waals surface area contributed by atoms with Crippen LogP contribution in [0.25, 0.3) is 100 Å². The van der Waals surface area contributed by atoms with E-state index in [9.17, 15) is 0 Å². The maximum absolute atomic E-state index is 6.51. The topological polar surface area (TPSA) is 51.8 Å². The molecule has 0 bridgehead atoms. The lowest BCUT2D eigenvalue weighted by molar-refractivity contribution is 0.669. The SMILES string of the molecule is c1ccc(-c2ccc(-c3ccc(-c4nc(-c5ccccc5)nc(-c5cccc6oc7cc(-c8ccc9ccccc9c8)ccc7c56)n4)cc3)cc2)cc1. The molecule has 248 valence electrons. The maximum Gasteiger partial charge on any atom is 0.164 e. The second-order valence-electron chi connectivity index (χ2n) is 13.2. The first kappa shape index (κ1) is 30.6. The van der Waals surface area contributed by atoms with E-state index in [2.05, 4.69) is 140 Å². The largest absolute Gasteiger partial charge is 0.456 e. The Hall–Kier alpha value is -7.17. The van der Waals surface area contributed by atoms with Gasteiger partial charge in [0.25, 0.3) is 0 Å². The number of nitrogens with zero attached hydrogens (tertiary/aromatic N) is 3. The predicted molar refractivity (Wildman–Crippen MR) is 217 cm³/mol. The Morgan fingerprint density at radius 3 is 1.47 bits per heavy atom. The molecule has 10 aromatic rings. The zero-order valence-corrected chi connectivity index (χ0v) is 28.6. The molecule has 0 radical (unpaired) electrons. The van der Waals surface area contributed by atoms with Gasteiger partial charge in [-0.25, -0.2) is 15.0 Å². The molecule has 0 fully saturated rings. The molecule has 0 spiro atoms. The van der Waals surface area contributed by atoms with Crippen LogP contribution in [0.3, 0.4) is 0 Å². The third-order valence-corrected chi connectivity index (χ3v) is 9.96. The Balaban J connectivity index is 1.05. The summed E-state index contributed by atoms with van der Waals surface area (Å²) in [5.74, 6) is 1.83. The second kappa shape index (κ2) is 12.9. The number of benzene rings is 8. The summed E-state index contributed by atoms with van der Waals surface area (Å²) in [7, 11) is 0. The lowest BCUT2D eigenvalue weighted by Crippen LogP contribution is -2.00. The number of aromatic nitrogens is 3. The summed E-state index contributed by atoms with van der Waals surface area (Å²) in [6.07, 6.45) is 0.